The van der Waals surface area contributed by atoms with E-state index in [1.54, 1.807) is 24.3 Å². The maximum absolute atomic E-state index is 14.0. The Hall–Kier alpha value is -1.74. The molecule has 0 bridgehead atoms. The molecule has 0 saturated carbocycles. The standard InChI is InChI=1S/C17H19F2N/c1-3-17(20,15-6-4-5-7-16(15)19)11-13-8-9-14(18)10-12(13)2/h4-10H,3,11,20H2,1-2H3. The Morgan fingerprint density at radius 3 is 2.40 bits per heavy atom. The van der Waals surface area contributed by atoms with Crippen LogP contribution < -0.4 is 5.73 Å². The molecule has 2 rings (SSSR count). The molecule has 0 aliphatic heterocycles. The van der Waals surface area contributed by atoms with Gasteiger partial charge in [0.15, 0.2) is 0 Å². The number of benzene rings is 2. The van der Waals surface area contributed by atoms with Crippen molar-refractivity contribution < 1.29 is 8.78 Å². The molecular weight excluding hydrogens is 256 g/mol. The summed E-state index contributed by atoms with van der Waals surface area (Å²) in [6.45, 7) is 3.78. The number of nitrogens with two attached hydrogens (primary N) is 1. The van der Waals surface area contributed by atoms with E-state index in [1.165, 1.54) is 18.2 Å². The lowest BCUT2D eigenvalue weighted by Gasteiger charge is -2.30. The number of aryl methyl sites for hydroxylation is 1. The van der Waals surface area contributed by atoms with Gasteiger partial charge in [0.2, 0.25) is 0 Å². The van der Waals surface area contributed by atoms with Crippen LogP contribution in [0.1, 0.15) is 30.0 Å². The number of hydrogen-bond acceptors (Lipinski definition) is 1. The molecule has 0 radical (unpaired) electrons. The van der Waals surface area contributed by atoms with E-state index >= 15 is 0 Å². The zero-order valence-corrected chi connectivity index (χ0v) is 11.8. The van der Waals surface area contributed by atoms with Gasteiger partial charge in [-0.1, -0.05) is 31.2 Å². The van der Waals surface area contributed by atoms with Crippen molar-refractivity contribution in [1.82, 2.24) is 0 Å². The first-order valence-corrected chi connectivity index (χ1v) is 6.75. The number of hydrogen-bond donors (Lipinski definition) is 1. The van der Waals surface area contributed by atoms with Crippen molar-refractivity contribution in [3.05, 3.63) is 70.8 Å². The zero-order chi connectivity index (χ0) is 14.8. The van der Waals surface area contributed by atoms with Crippen LogP contribution in [0.2, 0.25) is 0 Å². The SMILES string of the molecule is CCC(N)(Cc1ccc(F)cc1C)c1ccccc1F. The summed E-state index contributed by atoms with van der Waals surface area (Å²) in [5.74, 6) is -0.562. The molecule has 0 heterocycles. The van der Waals surface area contributed by atoms with Crippen LogP contribution in [0.4, 0.5) is 8.78 Å². The van der Waals surface area contributed by atoms with Gasteiger partial charge in [-0.15, -0.1) is 0 Å². The van der Waals surface area contributed by atoms with E-state index in [0.29, 0.717) is 18.4 Å². The fourth-order valence-corrected chi connectivity index (χ4v) is 2.47. The van der Waals surface area contributed by atoms with Crippen LogP contribution in [0, 0.1) is 18.6 Å². The predicted molar refractivity (Wildman–Crippen MR) is 77.4 cm³/mol. The largest absolute Gasteiger partial charge is 0.321 e. The second-order valence-electron chi connectivity index (χ2n) is 5.24. The third-order valence-corrected chi connectivity index (χ3v) is 3.85. The normalized spacial score (nSPS) is 14.1. The highest BCUT2D eigenvalue weighted by atomic mass is 19.1. The quantitative estimate of drug-likeness (QED) is 0.894. The fraction of sp³-hybridized carbons (Fsp3) is 0.294. The van der Waals surface area contributed by atoms with Crippen molar-refractivity contribution in [3.63, 3.8) is 0 Å². The summed E-state index contributed by atoms with van der Waals surface area (Å²) in [6.07, 6.45) is 1.08. The molecule has 0 aromatic heterocycles. The average molecular weight is 275 g/mol. The second-order valence-corrected chi connectivity index (χ2v) is 5.24. The van der Waals surface area contributed by atoms with Gasteiger partial charge in [0.25, 0.3) is 0 Å². The molecule has 0 spiro atoms. The molecule has 0 aliphatic carbocycles. The van der Waals surface area contributed by atoms with Crippen molar-refractivity contribution in [2.45, 2.75) is 32.2 Å². The van der Waals surface area contributed by atoms with E-state index in [0.717, 1.165) is 11.1 Å². The first kappa shape index (κ1) is 14.7. The lowest BCUT2D eigenvalue weighted by atomic mass is 9.81. The van der Waals surface area contributed by atoms with Crippen LogP contribution in [-0.2, 0) is 12.0 Å². The van der Waals surface area contributed by atoms with Crippen LogP contribution in [0.5, 0.6) is 0 Å². The molecule has 106 valence electrons. The Labute approximate surface area is 118 Å². The molecule has 0 amide bonds. The van der Waals surface area contributed by atoms with Gasteiger partial charge in [0, 0.05) is 11.1 Å². The summed E-state index contributed by atoms with van der Waals surface area (Å²) in [6, 6.07) is 11.2. The van der Waals surface area contributed by atoms with Crippen molar-refractivity contribution in [1.29, 1.82) is 0 Å². The van der Waals surface area contributed by atoms with Gasteiger partial charge in [0.05, 0.1) is 0 Å². The van der Waals surface area contributed by atoms with Crippen molar-refractivity contribution in [3.8, 4) is 0 Å². The summed E-state index contributed by atoms with van der Waals surface area (Å²) in [5, 5.41) is 0. The van der Waals surface area contributed by atoms with E-state index in [-0.39, 0.29) is 11.6 Å². The lowest BCUT2D eigenvalue weighted by molar-refractivity contribution is 0.402. The molecule has 0 saturated heterocycles. The van der Waals surface area contributed by atoms with Crippen molar-refractivity contribution >= 4 is 0 Å². The van der Waals surface area contributed by atoms with Crippen LogP contribution in [0.3, 0.4) is 0 Å². The predicted octanol–water partition coefficient (Wildman–Crippen LogP) is 4.08. The highest BCUT2D eigenvalue weighted by molar-refractivity contribution is 5.33. The van der Waals surface area contributed by atoms with Gasteiger partial charge in [0.1, 0.15) is 11.6 Å². The molecule has 0 aliphatic rings. The van der Waals surface area contributed by atoms with Crippen molar-refractivity contribution in [2.24, 2.45) is 5.73 Å². The summed E-state index contributed by atoms with van der Waals surface area (Å²) in [7, 11) is 0. The monoisotopic (exact) mass is 275 g/mol. The van der Waals surface area contributed by atoms with E-state index < -0.39 is 5.54 Å². The number of rotatable bonds is 4. The highest BCUT2D eigenvalue weighted by Crippen LogP contribution is 2.29. The van der Waals surface area contributed by atoms with Gasteiger partial charge in [-0.25, -0.2) is 8.78 Å². The summed E-state index contributed by atoms with van der Waals surface area (Å²) in [5.41, 5.74) is 7.93. The van der Waals surface area contributed by atoms with E-state index in [9.17, 15) is 8.78 Å². The summed E-state index contributed by atoms with van der Waals surface area (Å²) in [4.78, 5) is 0. The molecule has 0 fully saturated rings. The Morgan fingerprint density at radius 2 is 1.80 bits per heavy atom. The van der Waals surface area contributed by atoms with Gasteiger partial charge in [-0.05, 0) is 49.1 Å². The van der Waals surface area contributed by atoms with E-state index in [1.807, 2.05) is 13.8 Å². The van der Waals surface area contributed by atoms with Crippen LogP contribution in [0.25, 0.3) is 0 Å². The Kier molecular flexibility index (Phi) is 4.19. The zero-order valence-electron chi connectivity index (χ0n) is 11.8. The van der Waals surface area contributed by atoms with Crippen molar-refractivity contribution in [2.75, 3.05) is 0 Å². The van der Waals surface area contributed by atoms with Gasteiger partial charge in [-0.2, -0.15) is 0 Å². The van der Waals surface area contributed by atoms with E-state index in [2.05, 4.69) is 0 Å². The van der Waals surface area contributed by atoms with E-state index in [4.69, 9.17) is 5.73 Å². The molecule has 2 aromatic rings. The molecule has 2 aromatic carbocycles. The number of halogens is 2. The maximum atomic E-state index is 14.0. The second kappa shape index (κ2) is 5.71. The maximum Gasteiger partial charge on any atom is 0.128 e. The molecule has 1 unspecified atom stereocenters. The Morgan fingerprint density at radius 1 is 1.10 bits per heavy atom. The first-order valence-electron chi connectivity index (χ1n) is 6.75. The summed E-state index contributed by atoms with van der Waals surface area (Å²) >= 11 is 0. The molecule has 1 nitrogen and oxygen atoms in total. The first-order chi connectivity index (χ1) is 9.46. The third-order valence-electron chi connectivity index (χ3n) is 3.85. The Balaban J connectivity index is 2.39. The van der Waals surface area contributed by atoms with Gasteiger partial charge >= 0.3 is 0 Å². The topological polar surface area (TPSA) is 26.0 Å². The minimum atomic E-state index is -0.784. The fourth-order valence-electron chi connectivity index (χ4n) is 2.47. The molecule has 20 heavy (non-hydrogen) atoms. The minimum absolute atomic E-state index is 0.267. The van der Waals surface area contributed by atoms with Crippen LogP contribution in [0.15, 0.2) is 42.5 Å². The molecule has 1 atom stereocenters. The van der Waals surface area contributed by atoms with Crippen LogP contribution in [-0.4, -0.2) is 0 Å². The molecule has 3 heteroatoms. The Bertz CT molecular complexity index is 610. The third kappa shape index (κ3) is 2.88. The van der Waals surface area contributed by atoms with Gasteiger partial charge in [-0.3, -0.25) is 0 Å². The summed E-state index contributed by atoms with van der Waals surface area (Å²) < 4.78 is 27.2. The van der Waals surface area contributed by atoms with Crippen LogP contribution >= 0.6 is 0 Å². The smallest absolute Gasteiger partial charge is 0.128 e. The minimum Gasteiger partial charge on any atom is -0.321 e. The highest BCUT2D eigenvalue weighted by Gasteiger charge is 2.29. The molecule has 2 N–H and O–H groups in total. The van der Waals surface area contributed by atoms with Gasteiger partial charge < -0.3 is 5.73 Å². The average Bonchev–Trinajstić information content (AvgIpc) is 2.42. The molecular formula is C17H19F2N. The lowest BCUT2D eigenvalue weighted by Crippen LogP contribution is -2.39.